The van der Waals surface area contributed by atoms with E-state index in [9.17, 15) is 14.0 Å². The minimum absolute atomic E-state index is 0.107. The third-order valence-electron chi connectivity index (χ3n) is 4.45. The molecular formula is C23H22FNO2. The van der Waals surface area contributed by atoms with Crippen molar-refractivity contribution in [3.8, 4) is 11.1 Å². The van der Waals surface area contributed by atoms with E-state index in [-0.39, 0.29) is 29.8 Å². The third-order valence-corrected chi connectivity index (χ3v) is 4.45. The van der Waals surface area contributed by atoms with Crippen LogP contribution in [0.15, 0.2) is 54.6 Å². The smallest absolute Gasteiger partial charge is 0.163 e. The van der Waals surface area contributed by atoms with Crippen molar-refractivity contribution in [3.05, 3.63) is 66.1 Å². The van der Waals surface area contributed by atoms with Crippen LogP contribution >= 0.6 is 0 Å². The molecule has 0 aliphatic heterocycles. The van der Waals surface area contributed by atoms with Gasteiger partial charge in [-0.15, -0.1) is 0 Å². The second kappa shape index (κ2) is 7.70. The molecule has 2 aromatic carbocycles. The summed E-state index contributed by atoms with van der Waals surface area (Å²) in [5.41, 5.74) is 3.75. The molecule has 0 aliphatic rings. The van der Waals surface area contributed by atoms with E-state index in [1.165, 1.54) is 25.1 Å². The van der Waals surface area contributed by atoms with Gasteiger partial charge in [-0.3, -0.25) is 9.59 Å². The molecule has 3 nitrogen and oxygen atoms in total. The average molecular weight is 363 g/mol. The first kappa shape index (κ1) is 18.8. The summed E-state index contributed by atoms with van der Waals surface area (Å²) in [6.07, 6.45) is 3.12. The number of para-hydroxylation sites is 1. The SMILES string of the molecule is CC(=O)CC(=O)/C=C/c1c(-c2ccc(F)cc2)c2ccccc2n1C(C)C. The van der Waals surface area contributed by atoms with Gasteiger partial charge < -0.3 is 4.57 Å². The molecule has 0 radical (unpaired) electrons. The van der Waals surface area contributed by atoms with Crippen molar-refractivity contribution in [2.24, 2.45) is 0 Å². The summed E-state index contributed by atoms with van der Waals surface area (Å²) in [7, 11) is 0. The predicted octanol–water partition coefficient (Wildman–Crippen LogP) is 5.59. The summed E-state index contributed by atoms with van der Waals surface area (Å²) < 4.78 is 15.6. The molecule has 27 heavy (non-hydrogen) atoms. The van der Waals surface area contributed by atoms with Gasteiger partial charge in [-0.2, -0.15) is 0 Å². The molecule has 4 heteroatoms. The Morgan fingerprint density at radius 3 is 2.37 bits per heavy atom. The van der Waals surface area contributed by atoms with Crippen LogP contribution in [0.4, 0.5) is 4.39 Å². The zero-order chi connectivity index (χ0) is 19.6. The minimum atomic E-state index is -0.292. The lowest BCUT2D eigenvalue weighted by atomic mass is 10.0. The molecule has 0 spiro atoms. The number of nitrogens with zero attached hydrogens (tertiary/aromatic N) is 1. The van der Waals surface area contributed by atoms with Crippen LogP contribution < -0.4 is 0 Å². The maximum Gasteiger partial charge on any atom is 0.163 e. The Morgan fingerprint density at radius 2 is 1.74 bits per heavy atom. The number of rotatable bonds is 6. The van der Waals surface area contributed by atoms with E-state index >= 15 is 0 Å². The molecule has 3 rings (SSSR count). The van der Waals surface area contributed by atoms with Gasteiger partial charge >= 0.3 is 0 Å². The fourth-order valence-corrected chi connectivity index (χ4v) is 3.40. The number of allylic oxidation sites excluding steroid dienone is 1. The molecule has 0 amide bonds. The second-order valence-electron chi connectivity index (χ2n) is 6.93. The van der Waals surface area contributed by atoms with Gasteiger partial charge in [0.05, 0.1) is 12.1 Å². The van der Waals surface area contributed by atoms with Gasteiger partial charge in [0.15, 0.2) is 5.78 Å². The van der Waals surface area contributed by atoms with E-state index in [0.29, 0.717) is 0 Å². The first-order chi connectivity index (χ1) is 12.9. The van der Waals surface area contributed by atoms with E-state index in [1.807, 2.05) is 24.3 Å². The Balaban J connectivity index is 2.25. The summed E-state index contributed by atoms with van der Waals surface area (Å²) in [4.78, 5) is 23.3. The zero-order valence-electron chi connectivity index (χ0n) is 15.7. The lowest BCUT2D eigenvalue weighted by Crippen LogP contribution is -2.04. The average Bonchev–Trinajstić information content (AvgIpc) is 2.94. The van der Waals surface area contributed by atoms with Crippen LogP contribution in [0, 0.1) is 5.82 Å². The van der Waals surface area contributed by atoms with Crippen LogP contribution in [0.25, 0.3) is 28.1 Å². The standard InChI is InChI=1S/C23H22FNO2/c1-15(2)25-21-7-5-4-6-20(21)23(17-8-10-18(24)11-9-17)22(25)13-12-19(27)14-16(3)26/h4-13,15H,14H2,1-3H3/b13-12+. The van der Waals surface area contributed by atoms with Crippen molar-refractivity contribution in [2.75, 3.05) is 0 Å². The maximum atomic E-state index is 13.4. The number of halogens is 1. The Labute approximate surface area is 158 Å². The molecular weight excluding hydrogens is 341 g/mol. The zero-order valence-corrected chi connectivity index (χ0v) is 15.7. The number of fused-ring (bicyclic) bond motifs is 1. The van der Waals surface area contributed by atoms with Gasteiger partial charge in [0.25, 0.3) is 0 Å². The van der Waals surface area contributed by atoms with Crippen LogP contribution in [0.5, 0.6) is 0 Å². The van der Waals surface area contributed by atoms with Crippen molar-refractivity contribution < 1.29 is 14.0 Å². The minimum Gasteiger partial charge on any atom is -0.338 e. The maximum absolute atomic E-state index is 13.4. The number of ketones is 2. The summed E-state index contributed by atoms with van der Waals surface area (Å²) in [6.45, 7) is 5.56. The van der Waals surface area contributed by atoms with Crippen molar-refractivity contribution >= 4 is 28.5 Å². The Kier molecular flexibility index (Phi) is 5.36. The lowest BCUT2D eigenvalue weighted by Gasteiger charge is -2.13. The number of hydrogen-bond acceptors (Lipinski definition) is 2. The highest BCUT2D eigenvalue weighted by molar-refractivity contribution is 6.07. The van der Waals surface area contributed by atoms with Crippen LogP contribution in [0.2, 0.25) is 0 Å². The van der Waals surface area contributed by atoms with Crippen molar-refractivity contribution in [3.63, 3.8) is 0 Å². The van der Waals surface area contributed by atoms with Gasteiger partial charge in [-0.05, 0) is 56.7 Å². The van der Waals surface area contributed by atoms with Crippen LogP contribution in [-0.2, 0) is 9.59 Å². The summed E-state index contributed by atoms with van der Waals surface area (Å²) in [6, 6.07) is 14.5. The first-order valence-corrected chi connectivity index (χ1v) is 8.97. The highest BCUT2D eigenvalue weighted by Crippen LogP contribution is 2.37. The number of carbonyl (C=O) groups excluding carboxylic acids is 2. The van der Waals surface area contributed by atoms with Gasteiger partial charge in [0.2, 0.25) is 0 Å². The largest absolute Gasteiger partial charge is 0.338 e. The van der Waals surface area contributed by atoms with Gasteiger partial charge in [-0.25, -0.2) is 4.39 Å². The van der Waals surface area contributed by atoms with Gasteiger partial charge in [0.1, 0.15) is 11.6 Å². The Bertz CT molecular complexity index is 1030. The summed E-state index contributed by atoms with van der Waals surface area (Å²) >= 11 is 0. The second-order valence-corrected chi connectivity index (χ2v) is 6.93. The molecule has 3 aromatic rings. The number of carbonyl (C=O) groups is 2. The molecule has 0 N–H and O–H groups in total. The molecule has 138 valence electrons. The number of Topliss-reactive ketones (excluding diaryl/α,β-unsaturated/α-hetero) is 1. The molecule has 1 aromatic heterocycles. The highest BCUT2D eigenvalue weighted by atomic mass is 19.1. The lowest BCUT2D eigenvalue weighted by molar-refractivity contribution is -0.123. The molecule has 0 aliphatic carbocycles. The summed E-state index contributed by atoms with van der Waals surface area (Å²) in [5, 5.41) is 1.04. The molecule has 1 heterocycles. The number of benzene rings is 2. The number of hydrogen-bond donors (Lipinski definition) is 0. The molecule has 0 saturated heterocycles. The van der Waals surface area contributed by atoms with Crippen LogP contribution in [-0.4, -0.2) is 16.1 Å². The van der Waals surface area contributed by atoms with E-state index in [2.05, 4.69) is 18.4 Å². The first-order valence-electron chi connectivity index (χ1n) is 8.97. The van der Waals surface area contributed by atoms with E-state index in [0.717, 1.165) is 27.7 Å². The van der Waals surface area contributed by atoms with E-state index < -0.39 is 0 Å². The molecule has 0 saturated carbocycles. The molecule has 0 unspecified atom stereocenters. The van der Waals surface area contributed by atoms with Crippen LogP contribution in [0.3, 0.4) is 0 Å². The topological polar surface area (TPSA) is 39.1 Å². The molecule has 0 bridgehead atoms. The van der Waals surface area contributed by atoms with Crippen molar-refractivity contribution in [1.29, 1.82) is 0 Å². The Hall–Kier alpha value is -3.01. The van der Waals surface area contributed by atoms with Crippen molar-refractivity contribution in [1.82, 2.24) is 4.57 Å². The normalized spacial score (nSPS) is 11.6. The van der Waals surface area contributed by atoms with Crippen molar-refractivity contribution in [2.45, 2.75) is 33.2 Å². The summed E-state index contributed by atoms with van der Waals surface area (Å²) in [5.74, 6) is -0.680. The van der Waals surface area contributed by atoms with E-state index in [4.69, 9.17) is 0 Å². The highest BCUT2D eigenvalue weighted by Gasteiger charge is 2.18. The van der Waals surface area contributed by atoms with E-state index in [1.54, 1.807) is 18.2 Å². The van der Waals surface area contributed by atoms with Gasteiger partial charge in [-0.1, -0.05) is 30.3 Å². The number of aromatic nitrogens is 1. The molecule has 0 atom stereocenters. The quantitative estimate of drug-likeness (QED) is 0.423. The van der Waals surface area contributed by atoms with Crippen LogP contribution in [0.1, 0.15) is 38.9 Å². The molecule has 0 fully saturated rings. The fraction of sp³-hybridized carbons (Fsp3) is 0.217. The monoisotopic (exact) mass is 363 g/mol. The predicted molar refractivity (Wildman–Crippen MR) is 107 cm³/mol. The van der Waals surface area contributed by atoms with Gasteiger partial charge in [0, 0.05) is 22.5 Å². The fourth-order valence-electron chi connectivity index (χ4n) is 3.40. The Morgan fingerprint density at radius 1 is 1.07 bits per heavy atom. The third kappa shape index (κ3) is 3.90.